The van der Waals surface area contributed by atoms with Gasteiger partial charge in [0.1, 0.15) is 11.6 Å². The van der Waals surface area contributed by atoms with Crippen molar-refractivity contribution < 1.29 is 18.3 Å². The number of aromatic hydroxyl groups is 1. The number of hydrogen-bond donors (Lipinski definition) is 1. The lowest BCUT2D eigenvalue weighted by Gasteiger charge is -2.19. The number of nitrogens with zero attached hydrogens (tertiary/aromatic N) is 3. The molecule has 1 aromatic carbocycles. The summed E-state index contributed by atoms with van der Waals surface area (Å²) >= 11 is 0. The number of aromatic nitrogens is 1. The van der Waals surface area contributed by atoms with Gasteiger partial charge in [0.15, 0.2) is 0 Å². The first-order valence-corrected chi connectivity index (χ1v) is 8.84. The number of pyridine rings is 1. The van der Waals surface area contributed by atoms with Crippen LogP contribution in [-0.4, -0.2) is 15.9 Å². The molecule has 28 heavy (non-hydrogen) atoms. The molecule has 0 saturated heterocycles. The van der Waals surface area contributed by atoms with Gasteiger partial charge in [0, 0.05) is 12.3 Å². The third kappa shape index (κ3) is 3.52. The van der Waals surface area contributed by atoms with Crippen LogP contribution in [0.25, 0.3) is 0 Å². The highest BCUT2D eigenvalue weighted by molar-refractivity contribution is 5.87. The van der Waals surface area contributed by atoms with Crippen molar-refractivity contribution in [3.63, 3.8) is 0 Å². The normalized spacial score (nSPS) is 15.2. The van der Waals surface area contributed by atoms with Crippen LogP contribution in [0.3, 0.4) is 0 Å². The molecule has 0 spiro atoms. The van der Waals surface area contributed by atoms with Crippen molar-refractivity contribution in [1.29, 1.82) is 5.26 Å². The van der Waals surface area contributed by atoms with Crippen LogP contribution in [0.5, 0.6) is 5.88 Å². The molecule has 1 heterocycles. The molecule has 8 heteroatoms. The van der Waals surface area contributed by atoms with Gasteiger partial charge in [-0.15, -0.1) is 0 Å². The molecular weight excluding hydrogens is 371 g/mol. The largest absolute Gasteiger partial charge is 0.494 e. The minimum Gasteiger partial charge on any atom is -0.494 e. The van der Waals surface area contributed by atoms with Crippen LogP contribution < -0.4 is 5.56 Å². The molecular formula is C20H18F3N3O2. The Balaban J connectivity index is 2.16. The zero-order valence-electron chi connectivity index (χ0n) is 15.1. The summed E-state index contributed by atoms with van der Waals surface area (Å²) in [5, 5.41) is 20.1. The number of para-hydroxylation sites is 1. The fourth-order valence-electron chi connectivity index (χ4n) is 3.56. The average Bonchev–Trinajstić information content (AvgIpc) is 3.15. The number of hydrogen-bond acceptors (Lipinski definition) is 4. The lowest BCUT2D eigenvalue weighted by Crippen LogP contribution is -2.28. The molecule has 1 N–H and O–H groups in total. The van der Waals surface area contributed by atoms with Crippen LogP contribution in [-0.2, 0) is 6.18 Å². The van der Waals surface area contributed by atoms with Crippen molar-refractivity contribution in [1.82, 2.24) is 4.57 Å². The van der Waals surface area contributed by atoms with Crippen LogP contribution in [0, 0.1) is 18.3 Å². The van der Waals surface area contributed by atoms with Crippen LogP contribution in [0.1, 0.15) is 54.0 Å². The number of nitriles is 1. The summed E-state index contributed by atoms with van der Waals surface area (Å²) in [5.74, 6) is -0.373. The van der Waals surface area contributed by atoms with Crippen molar-refractivity contribution in [3.05, 3.63) is 56.9 Å². The number of halogens is 3. The molecule has 2 aromatic rings. The van der Waals surface area contributed by atoms with Gasteiger partial charge >= 0.3 is 6.18 Å². The molecule has 0 unspecified atom stereocenters. The van der Waals surface area contributed by atoms with Gasteiger partial charge < -0.3 is 5.11 Å². The Kier molecular flexibility index (Phi) is 5.27. The van der Waals surface area contributed by atoms with Gasteiger partial charge in [-0.1, -0.05) is 25.0 Å². The molecule has 1 fully saturated rings. The maximum atomic E-state index is 13.2. The number of aliphatic imine (C=N–C) groups is 1. The predicted octanol–water partition coefficient (Wildman–Crippen LogP) is 4.62. The summed E-state index contributed by atoms with van der Waals surface area (Å²) in [4.78, 5) is 16.5. The molecule has 3 rings (SSSR count). The van der Waals surface area contributed by atoms with Crippen LogP contribution in [0.15, 0.2) is 34.1 Å². The summed E-state index contributed by atoms with van der Waals surface area (Å²) in [6.45, 7) is 1.47. The molecule has 1 saturated carbocycles. The highest BCUT2D eigenvalue weighted by atomic mass is 19.4. The Labute approximate surface area is 159 Å². The molecule has 0 amide bonds. The zero-order chi connectivity index (χ0) is 20.5. The van der Waals surface area contributed by atoms with E-state index in [4.69, 9.17) is 0 Å². The fourth-order valence-corrected chi connectivity index (χ4v) is 3.56. The summed E-state index contributed by atoms with van der Waals surface area (Å²) in [5.41, 5.74) is -1.70. The Morgan fingerprint density at radius 2 is 1.93 bits per heavy atom. The Morgan fingerprint density at radius 1 is 1.29 bits per heavy atom. The Hall–Kier alpha value is -3.08. The molecule has 1 aromatic heterocycles. The van der Waals surface area contributed by atoms with Crippen molar-refractivity contribution in [2.75, 3.05) is 0 Å². The average molecular weight is 389 g/mol. The van der Waals surface area contributed by atoms with Gasteiger partial charge in [-0.25, -0.2) is 0 Å². The van der Waals surface area contributed by atoms with Crippen LogP contribution in [0.2, 0.25) is 0 Å². The van der Waals surface area contributed by atoms with E-state index in [9.17, 15) is 28.3 Å². The molecule has 5 nitrogen and oxygen atoms in total. The van der Waals surface area contributed by atoms with E-state index in [0.717, 1.165) is 25.1 Å². The van der Waals surface area contributed by atoms with E-state index in [2.05, 4.69) is 4.99 Å². The molecule has 0 aliphatic heterocycles. The summed E-state index contributed by atoms with van der Waals surface area (Å²) in [7, 11) is 0. The van der Waals surface area contributed by atoms with E-state index in [-0.39, 0.29) is 34.3 Å². The minimum atomic E-state index is -4.58. The lowest BCUT2D eigenvalue weighted by molar-refractivity contribution is -0.137. The monoisotopic (exact) mass is 389 g/mol. The van der Waals surface area contributed by atoms with Crippen molar-refractivity contribution in [2.45, 2.75) is 44.8 Å². The second-order valence-electron chi connectivity index (χ2n) is 6.74. The second kappa shape index (κ2) is 7.50. The van der Waals surface area contributed by atoms with E-state index in [1.807, 2.05) is 6.07 Å². The fraction of sp³-hybridized carbons (Fsp3) is 0.350. The van der Waals surface area contributed by atoms with Crippen LogP contribution in [0.4, 0.5) is 18.9 Å². The van der Waals surface area contributed by atoms with Gasteiger partial charge in [-0.2, -0.15) is 18.4 Å². The molecule has 0 atom stereocenters. The summed E-state index contributed by atoms with van der Waals surface area (Å²) in [6.07, 6.45) is -0.320. The van der Waals surface area contributed by atoms with E-state index in [1.54, 1.807) is 0 Å². The summed E-state index contributed by atoms with van der Waals surface area (Å²) in [6, 6.07) is 6.42. The Bertz CT molecular complexity index is 1030. The highest BCUT2D eigenvalue weighted by Gasteiger charge is 2.33. The third-order valence-electron chi connectivity index (χ3n) is 5.02. The van der Waals surface area contributed by atoms with Crippen molar-refractivity contribution in [2.24, 2.45) is 4.99 Å². The van der Waals surface area contributed by atoms with E-state index < -0.39 is 17.3 Å². The zero-order valence-corrected chi connectivity index (χ0v) is 15.1. The van der Waals surface area contributed by atoms with Gasteiger partial charge in [0.25, 0.3) is 5.56 Å². The number of benzene rings is 1. The Morgan fingerprint density at radius 3 is 2.54 bits per heavy atom. The van der Waals surface area contributed by atoms with Crippen LogP contribution >= 0.6 is 0 Å². The van der Waals surface area contributed by atoms with Gasteiger partial charge in [0.2, 0.25) is 5.88 Å². The van der Waals surface area contributed by atoms with E-state index >= 15 is 0 Å². The van der Waals surface area contributed by atoms with Gasteiger partial charge in [0.05, 0.1) is 16.8 Å². The number of alkyl halides is 3. The third-order valence-corrected chi connectivity index (χ3v) is 5.02. The second-order valence-corrected chi connectivity index (χ2v) is 6.74. The minimum absolute atomic E-state index is 0.0695. The first kappa shape index (κ1) is 19.7. The molecule has 1 aliphatic rings. The smallest absolute Gasteiger partial charge is 0.418 e. The van der Waals surface area contributed by atoms with E-state index in [1.165, 1.54) is 29.7 Å². The lowest BCUT2D eigenvalue weighted by atomic mass is 10.0. The van der Waals surface area contributed by atoms with Crippen molar-refractivity contribution >= 4 is 11.9 Å². The van der Waals surface area contributed by atoms with Crippen molar-refractivity contribution in [3.8, 4) is 11.9 Å². The molecule has 0 radical (unpaired) electrons. The first-order chi connectivity index (χ1) is 13.3. The van der Waals surface area contributed by atoms with Gasteiger partial charge in [-0.05, 0) is 37.5 Å². The maximum absolute atomic E-state index is 13.2. The first-order valence-electron chi connectivity index (χ1n) is 8.84. The maximum Gasteiger partial charge on any atom is 0.418 e. The molecule has 1 aliphatic carbocycles. The molecule has 146 valence electrons. The molecule has 0 bridgehead atoms. The quantitative estimate of drug-likeness (QED) is 0.778. The summed E-state index contributed by atoms with van der Waals surface area (Å²) < 4.78 is 40.7. The highest BCUT2D eigenvalue weighted by Crippen LogP contribution is 2.37. The predicted molar refractivity (Wildman–Crippen MR) is 98.0 cm³/mol. The topological polar surface area (TPSA) is 78.4 Å². The van der Waals surface area contributed by atoms with Gasteiger partial charge in [-0.3, -0.25) is 14.4 Å². The SMILES string of the molecule is Cc1c(C=Nc2ccccc2C(F)(F)F)c(O)n(C2CCCC2)c(=O)c1C#N. The van der Waals surface area contributed by atoms with E-state index in [0.29, 0.717) is 12.8 Å². The standard InChI is InChI=1S/C20H18F3N3O2/c1-12-14(10-24)18(27)26(13-6-2-3-7-13)19(28)15(12)11-25-17-9-5-4-8-16(17)20(21,22)23/h4-5,8-9,11,13,28H,2-3,6-7H2,1H3. The number of rotatable bonds is 3.